The summed E-state index contributed by atoms with van der Waals surface area (Å²) in [6, 6.07) is 0. The Morgan fingerprint density at radius 2 is 1.80 bits per heavy atom. The lowest BCUT2D eigenvalue weighted by Crippen LogP contribution is -2.21. The third-order valence-electron chi connectivity index (χ3n) is 3.40. The Balaban J connectivity index is 0.000000531. The molecule has 0 aromatic heterocycles. The minimum absolute atomic E-state index is 0.821. The molecule has 1 aliphatic heterocycles. The maximum absolute atomic E-state index is 4.51. The zero-order chi connectivity index (χ0) is 11.1. The quantitative estimate of drug-likeness (QED) is 0.596. The van der Waals surface area contributed by atoms with Gasteiger partial charge in [0.15, 0.2) is 0 Å². The second kappa shape index (κ2) is 6.81. The van der Waals surface area contributed by atoms with E-state index in [9.17, 15) is 0 Å². The molecule has 1 heteroatoms. The fourth-order valence-corrected chi connectivity index (χ4v) is 2.42. The summed E-state index contributed by atoms with van der Waals surface area (Å²) in [5.41, 5.74) is 1.48. The average Bonchev–Trinajstić information content (AvgIpc) is 2.34. The topological polar surface area (TPSA) is 12.4 Å². The van der Waals surface area contributed by atoms with Gasteiger partial charge in [-0.25, -0.2) is 0 Å². The van der Waals surface area contributed by atoms with Gasteiger partial charge in [0, 0.05) is 11.9 Å². The molecule has 1 heterocycles. The van der Waals surface area contributed by atoms with Gasteiger partial charge < -0.3 is 0 Å². The summed E-state index contributed by atoms with van der Waals surface area (Å²) in [5, 5.41) is 0. The summed E-state index contributed by atoms with van der Waals surface area (Å²) in [6.07, 6.45) is 12.2. The van der Waals surface area contributed by atoms with Crippen LogP contribution in [0.3, 0.4) is 0 Å². The third-order valence-corrected chi connectivity index (χ3v) is 3.40. The molecule has 0 aromatic carbocycles. The van der Waals surface area contributed by atoms with Crippen molar-refractivity contribution in [3.05, 3.63) is 12.3 Å². The van der Waals surface area contributed by atoms with Crippen molar-refractivity contribution in [1.82, 2.24) is 0 Å². The van der Waals surface area contributed by atoms with Gasteiger partial charge in [0.2, 0.25) is 0 Å². The second-order valence-corrected chi connectivity index (χ2v) is 4.50. The smallest absolute Gasteiger partial charge is 0.0227 e. The lowest BCUT2D eigenvalue weighted by Gasteiger charge is -2.27. The van der Waals surface area contributed by atoms with Gasteiger partial charge in [-0.1, -0.05) is 39.7 Å². The molecular formula is C14H25N. The van der Waals surface area contributed by atoms with Crippen molar-refractivity contribution in [2.24, 2.45) is 16.8 Å². The van der Waals surface area contributed by atoms with Crippen LogP contribution >= 0.6 is 0 Å². The lowest BCUT2D eigenvalue weighted by molar-refractivity contribution is 0.341. The largest absolute Gasteiger partial charge is 0.266 e. The molecule has 0 atom stereocenters. The first kappa shape index (κ1) is 12.5. The van der Waals surface area contributed by atoms with Crippen molar-refractivity contribution in [3.8, 4) is 0 Å². The number of aliphatic imine (C=N–C) groups is 1. The van der Waals surface area contributed by atoms with Crippen LogP contribution in [0.5, 0.6) is 0 Å². The molecule has 0 radical (unpaired) electrons. The van der Waals surface area contributed by atoms with Gasteiger partial charge in [0.25, 0.3) is 0 Å². The monoisotopic (exact) mass is 207 g/mol. The summed E-state index contributed by atoms with van der Waals surface area (Å²) in [5.74, 6) is 1.78. The molecular weight excluding hydrogens is 182 g/mol. The van der Waals surface area contributed by atoms with Crippen LogP contribution in [0.4, 0.5) is 0 Å². The van der Waals surface area contributed by atoms with E-state index < -0.39 is 0 Å². The van der Waals surface area contributed by atoms with E-state index in [1.54, 1.807) is 0 Å². The first-order valence-electron chi connectivity index (χ1n) is 6.58. The molecule has 86 valence electrons. The molecule has 0 bridgehead atoms. The maximum Gasteiger partial charge on any atom is 0.0227 e. The molecule has 1 fully saturated rings. The summed E-state index contributed by atoms with van der Waals surface area (Å²) in [6.45, 7) is 6.37. The number of hydrogen-bond donors (Lipinski definition) is 0. The SMILES string of the molecule is CC.CC1CCC(C2=NC=CCC2)CC1. The first-order valence-corrected chi connectivity index (χ1v) is 6.58. The summed E-state index contributed by atoms with van der Waals surface area (Å²) < 4.78 is 0. The Morgan fingerprint density at radius 1 is 1.13 bits per heavy atom. The molecule has 0 aromatic rings. The average molecular weight is 207 g/mol. The maximum atomic E-state index is 4.51. The molecule has 0 saturated heterocycles. The van der Waals surface area contributed by atoms with E-state index in [-0.39, 0.29) is 0 Å². The van der Waals surface area contributed by atoms with E-state index in [0.29, 0.717) is 0 Å². The van der Waals surface area contributed by atoms with Gasteiger partial charge in [0.05, 0.1) is 0 Å². The fraction of sp³-hybridized carbons (Fsp3) is 0.786. The van der Waals surface area contributed by atoms with Crippen molar-refractivity contribution in [2.45, 2.75) is 59.3 Å². The van der Waals surface area contributed by atoms with Crippen LogP contribution in [0.15, 0.2) is 17.3 Å². The van der Waals surface area contributed by atoms with Gasteiger partial charge in [-0.15, -0.1) is 0 Å². The van der Waals surface area contributed by atoms with Crippen molar-refractivity contribution >= 4 is 5.71 Å². The first-order chi connectivity index (χ1) is 7.36. The predicted molar refractivity (Wildman–Crippen MR) is 68.3 cm³/mol. The molecule has 0 N–H and O–H groups in total. The van der Waals surface area contributed by atoms with Crippen molar-refractivity contribution < 1.29 is 0 Å². The van der Waals surface area contributed by atoms with Gasteiger partial charge in [-0.3, -0.25) is 4.99 Å². The van der Waals surface area contributed by atoms with Crippen molar-refractivity contribution in [1.29, 1.82) is 0 Å². The number of nitrogens with zero attached hydrogens (tertiary/aromatic N) is 1. The zero-order valence-electron chi connectivity index (χ0n) is 10.5. The normalized spacial score (nSPS) is 30.2. The zero-order valence-corrected chi connectivity index (χ0v) is 10.5. The molecule has 0 unspecified atom stereocenters. The van der Waals surface area contributed by atoms with Crippen LogP contribution in [-0.4, -0.2) is 5.71 Å². The Labute approximate surface area is 94.7 Å². The van der Waals surface area contributed by atoms with Crippen LogP contribution < -0.4 is 0 Å². The minimum atomic E-state index is 0.821. The Hall–Kier alpha value is -0.590. The van der Waals surface area contributed by atoms with Crippen LogP contribution in [0.2, 0.25) is 0 Å². The highest BCUT2D eigenvalue weighted by Gasteiger charge is 2.22. The minimum Gasteiger partial charge on any atom is -0.266 e. The van der Waals surface area contributed by atoms with E-state index >= 15 is 0 Å². The van der Waals surface area contributed by atoms with E-state index in [2.05, 4.69) is 18.0 Å². The van der Waals surface area contributed by atoms with Crippen LogP contribution in [-0.2, 0) is 0 Å². The van der Waals surface area contributed by atoms with E-state index in [4.69, 9.17) is 0 Å². The molecule has 2 aliphatic rings. The van der Waals surface area contributed by atoms with Crippen LogP contribution in [0, 0.1) is 11.8 Å². The number of allylic oxidation sites excluding steroid dienone is 1. The third kappa shape index (κ3) is 3.81. The number of rotatable bonds is 1. The number of hydrogen-bond acceptors (Lipinski definition) is 1. The lowest BCUT2D eigenvalue weighted by atomic mass is 9.79. The molecule has 2 rings (SSSR count). The van der Waals surface area contributed by atoms with E-state index in [1.165, 1.54) is 44.2 Å². The second-order valence-electron chi connectivity index (χ2n) is 4.50. The summed E-state index contributed by atoms with van der Waals surface area (Å²) in [7, 11) is 0. The Bertz CT molecular complexity index is 219. The van der Waals surface area contributed by atoms with Crippen LogP contribution in [0.25, 0.3) is 0 Å². The highest BCUT2D eigenvalue weighted by molar-refractivity contribution is 5.88. The molecule has 1 saturated carbocycles. The highest BCUT2D eigenvalue weighted by Crippen LogP contribution is 2.31. The molecule has 1 nitrogen and oxygen atoms in total. The van der Waals surface area contributed by atoms with Crippen molar-refractivity contribution in [3.63, 3.8) is 0 Å². The van der Waals surface area contributed by atoms with Crippen molar-refractivity contribution in [2.75, 3.05) is 0 Å². The van der Waals surface area contributed by atoms with Gasteiger partial charge in [-0.2, -0.15) is 0 Å². The van der Waals surface area contributed by atoms with E-state index in [0.717, 1.165) is 11.8 Å². The van der Waals surface area contributed by atoms with Gasteiger partial charge in [-0.05, 0) is 37.5 Å². The van der Waals surface area contributed by atoms with Gasteiger partial charge >= 0.3 is 0 Å². The predicted octanol–water partition coefficient (Wildman–Crippen LogP) is 4.59. The van der Waals surface area contributed by atoms with E-state index in [1.807, 2.05) is 20.0 Å². The van der Waals surface area contributed by atoms with Crippen LogP contribution in [0.1, 0.15) is 59.3 Å². The molecule has 0 amide bonds. The molecule has 0 spiro atoms. The summed E-state index contributed by atoms with van der Waals surface area (Å²) >= 11 is 0. The molecule has 1 aliphatic carbocycles. The summed E-state index contributed by atoms with van der Waals surface area (Å²) in [4.78, 5) is 4.51. The Morgan fingerprint density at radius 3 is 2.33 bits per heavy atom. The molecule has 15 heavy (non-hydrogen) atoms. The fourth-order valence-electron chi connectivity index (χ4n) is 2.42. The standard InChI is InChI=1S/C12H19N.C2H6/c1-10-5-7-11(8-6-10)12-4-2-3-9-13-12;1-2/h3,9-11H,2,4-8H2,1H3;1-2H3. The Kier molecular flexibility index (Phi) is 5.67. The van der Waals surface area contributed by atoms with Gasteiger partial charge in [0.1, 0.15) is 0 Å². The highest BCUT2D eigenvalue weighted by atomic mass is 14.7.